The molecular formula is C5H11NO4. The van der Waals surface area contributed by atoms with Gasteiger partial charge < -0.3 is 15.2 Å². The van der Waals surface area contributed by atoms with Crippen molar-refractivity contribution in [1.82, 2.24) is 5.32 Å². The number of carboxylic acids is 1. The van der Waals surface area contributed by atoms with Gasteiger partial charge in [0.2, 0.25) is 0 Å². The second-order valence-electron chi connectivity index (χ2n) is 1.30. The number of carbonyl (C=O) groups is 2. The molecule has 0 fully saturated rings. The molecule has 0 heterocycles. The molecule has 0 saturated carbocycles. The summed E-state index contributed by atoms with van der Waals surface area (Å²) in [5.41, 5.74) is 0. The highest BCUT2D eigenvalue weighted by Crippen LogP contribution is 1.68. The van der Waals surface area contributed by atoms with Crippen LogP contribution in [0.4, 0.5) is 0 Å². The SMILES string of the molecule is CNC.COC(=O)C(=O)O. The fourth-order valence-corrected chi connectivity index (χ4v) is 0.0873. The summed E-state index contributed by atoms with van der Waals surface area (Å²) in [6, 6.07) is 0. The Labute approximate surface area is 59.0 Å². The van der Waals surface area contributed by atoms with Gasteiger partial charge in [0.25, 0.3) is 0 Å². The highest BCUT2D eigenvalue weighted by molar-refractivity contribution is 6.28. The number of carboxylic acid groups (broad SMARTS) is 1. The molecule has 0 aromatic rings. The molecule has 0 saturated heterocycles. The summed E-state index contributed by atoms with van der Waals surface area (Å²) in [5.74, 6) is -2.80. The van der Waals surface area contributed by atoms with Crippen LogP contribution < -0.4 is 5.32 Å². The van der Waals surface area contributed by atoms with Gasteiger partial charge in [0, 0.05) is 0 Å². The maximum Gasteiger partial charge on any atom is 0.417 e. The first-order valence-corrected chi connectivity index (χ1v) is 2.49. The molecule has 5 nitrogen and oxygen atoms in total. The Kier molecular flexibility index (Phi) is 9.22. The van der Waals surface area contributed by atoms with Crippen molar-refractivity contribution in [3.05, 3.63) is 0 Å². The van der Waals surface area contributed by atoms with E-state index in [1.54, 1.807) is 0 Å². The molecule has 0 bridgehead atoms. The molecule has 0 aromatic heterocycles. The van der Waals surface area contributed by atoms with E-state index in [4.69, 9.17) is 5.11 Å². The van der Waals surface area contributed by atoms with Gasteiger partial charge in [-0.2, -0.15) is 0 Å². The first-order chi connectivity index (χ1) is 4.59. The standard InChI is InChI=1S/C3H4O4.C2H7N/c1-7-3(6)2(4)5;1-3-2/h1H3,(H,4,5);3H,1-2H3. The normalized spacial score (nSPS) is 7.10. The maximum absolute atomic E-state index is 9.69. The summed E-state index contributed by atoms with van der Waals surface area (Å²) in [6.07, 6.45) is 0. The Balaban J connectivity index is 0. The minimum Gasteiger partial charge on any atom is -0.473 e. The van der Waals surface area contributed by atoms with E-state index in [-0.39, 0.29) is 0 Å². The van der Waals surface area contributed by atoms with E-state index in [0.29, 0.717) is 0 Å². The smallest absolute Gasteiger partial charge is 0.417 e. The molecular weight excluding hydrogens is 138 g/mol. The van der Waals surface area contributed by atoms with Crippen molar-refractivity contribution in [2.45, 2.75) is 0 Å². The molecule has 2 N–H and O–H groups in total. The molecule has 60 valence electrons. The molecule has 0 amide bonds. The number of esters is 1. The van der Waals surface area contributed by atoms with E-state index in [0.717, 1.165) is 7.11 Å². The lowest BCUT2D eigenvalue weighted by Crippen LogP contribution is -2.13. The highest BCUT2D eigenvalue weighted by Gasteiger charge is 2.08. The zero-order valence-electron chi connectivity index (χ0n) is 6.17. The average Bonchev–Trinajstić information content (AvgIpc) is 1.88. The third kappa shape index (κ3) is 10.0. The summed E-state index contributed by atoms with van der Waals surface area (Å²) in [5, 5.41) is 10.5. The van der Waals surface area contributed by atoms with Crippen LogP contribution >= 0.6 is 0 Å². The van der Waals surface area contributed by atoms with Crippen molar-refractivity contribution in [2.75, 3.05) is 21.2 Å². The van der Waals surface area contributed by atoms with Crippen molar-refractivity contribution in [3.8, 4) is 0 Å². The number of methoxy groups -OCH3 is 1. The second-order valence-corrected chi connectivity index (χ2v) is 1.30. The van der Waals surface area contributed by atoms with Crippen LogP contribution in [0.25, 0.3) is 0 Å². The highest BCUT2D eigenvalue weighted by atomic mass is 16.5. The lowest BCUT2D eigenvalue weighted by molar-refractivity contribution is -0.161. The van der Waals surface area contributed by atoms with Crippen molar-refractivity contribution >= 4 is 11.9 Å². The lowest BCUT2D eigenvalue weighted by Gasteiger charge is -1.85. The van der Waals surface area contributed by atoms with Gasteiger partial charge >= 0.3 is 11.9 Å². The van der Waals surface area contributed by atoms with Gasteiger partial charge in [-0.05, 0) is 14.1 Å². The monoisotopic (exact) mass is 149 g/mol. The minimum atomic E-state index is -1.57. The Bertz CT molecular complexity index is 112. The third-order valence-corrected chi connectivity index (χ3v) is 0.360. The van der Waals surface area contributed by atoms with E-state index in [9.17, 15) is 9.59 Å². The number of hydrogen-bond donors (Lipinski definition) is 2. The zero-order valence-corrected chi connectivity index (χ0v) is 6.17. The van der Waals surface area contributed by atoms with Gasteiger partial charge in [0.15, 0.2) is 0 Å². The number of carbonyl (C=O) groups excluding carboxylic acids is 1. The summed E-state index contributed by atoms with van der Waals surface area (Å²) < 4.78 is 3.77. The van der Waals surface area contributed by atoms with Crippen LogP contribution in [0.1, 0.15) is 0 Å². The summed E-state index contributed by atoms with van der Waals surface area (Å²) in [4.78, 5) is 19.1. The van der Waals surface area contributed by atoms with E-state index in [2.05, 4.69) is 10.1 Å². The van der Waals surface area contributed by atoms with E-state index in [1.165, 1.54) is 0 Å². The van der Waals surface area contributed by atoms with Crippen molar-refractivity contribution in [2.24, 2.45) is 0 Å². The number of rotatable bonds is 0. The number of hydrogen-bond acceptors (Lipinski definition) is 4. The van der Waals surface area contributed by atoms with E-state index in [1.807, 2.05) is 14.1 Å². The van der Waals surface area contributed by atoms with E-state index < -0.39 is 11.9 Å². The van der Waals surface area contributed by atoms with Crippen molar-refractivity contribution in [1.29, 1.82) is 0 Å². The maximum atomic E-state index is 9.69. The minimum absolute atomic E-state index is 1.01. The van der Waals surface area contributed by atoms with Crippen molar-refractivity contribution < 1.29 is 19.4 Å². The molecule has 0 aliphatic carbocycles. The molecule has 10 heavy (non-hydrogen) atoms. The van der Waals surface area contributed by atoms with Gasteiger partial charge in [0.1, 0.15) is 0 Å². The quantitative estimate of drug-likeness (QED) is 0.344. The predicted molar refractivity (Wildman–Crippen MR) is 34.6 cm³/mol. The molecule has 0 aliphatic rings. The summed E-state index contributed by atoms with van der Waals surface area (Å²) in [6.45, 7) is 0. The number of nitrogens with one attached hydrogen (secondary N) is 1. The van der Waals surface area contributed by atoms with Gasteiger partial charge in [-0.15, -0.1) is 0 Å². The Morgan fingerprint density at radius 1 is 1.40 bits per heavy atom. The zero-order chi connectivity index (χ0) is 8.57. The Hall–Kier alpha value is -1.10. The van der Waals surface area contributed by atoms with Crippen LogP contribution in [0, 0.1) is 0 Å². The summed E-state index contributed by atoms with van der Waals surface area (Å²) >= 11 is 0. The second kappa shape index (κ2) is 7.90. The van der Waals surface area contributed by atoms with Gasteiger partial charge in [-0.3, -0.25) is 0 Å². The number of ether oxygens (including phenoxy) is 1. The molecule has 0 aliphatic heterocycles. The first kappa shape index (κ1) is 11.7. The predicted octanol–water partition coefficient (Wildman–Crippen LogP) is -0.920. The van der Waals surface area contributed by atoms with Crippen LogP contribution in [-0.4, -0.2) is 38.3 Å². The first-order valence-electron chi connectivity index (χ1n) is 2.49. The lowest BCUT2D eigenvalue weighted by atomic mass is 10.7. The Morgan fingerprint density at radius 3 is 1.70 bits per heavy atom. The largest absolute Gasteiger partial charge is 0.473 e. The fourth-order valence-electron chi connectivity index (χ4n) is 0.0873. The Morgan fingerprint density at radius 2 is 1.70 bits per heavy atom. The van der Waals surface area contributed by atoms with Crippen LogP contribution in [-0.2, 0) is 14.3 Å². The third-order valence-electron chi connectivity index (χ3n) is 0.360. The topological polar surface area (TPSA) is 75.6 Å². The summed E-state index contributed by atoms with van der Waals surface area (Å²) in [7, 11) is 4.76. The van der Waals surface area contributed by atoms with Gasteiger partial charge in [-0.1, -0.05) is 0 Å². The van der Waals surface area contributed by atoms with Crippen LogP contribution in [0.2, 0.25) is 0 Å². The average molecular weight is 149 g/mol. The van der Waals surface area contributed by atoms with Gasteiger partial charge in [0.05, 0.1) is 7.11 Å². The van der Waals surface area contributed by atoms with Gasteiger partial charge in [-0.25, -0.2) is 9.59 Å². The molecule has 0 radical (unpaired) electrons. The molecule has 5 heteroatoms. The molecule has 0 rings (SSSR count). The molecule has 0 atom stereocenters. The molecule has 0 unspecified atom stereocenters. The number of aliphatic carboxylic acids is 1. The van der Waals surface area contributed by atoms with Crippen LogP contribution in [0.15, 0.2) is 0 Å². The molecule has 0 aromatic carbocycles. The van der Waals surface area contributed by atoms with Crippen LogP contribution in [0.5, 0.6) is 0 Å². The van der Waals surface area contributed by atoms with E-state index >= 15 is 0 Å². The van der Waals surface area contributed by atoms with Crippen molar-refractivity contribution in [3.63, 3.8) is 0 Å². The fraction of sp³-hybridized carbons (Fsp3) is 0.600. The molecule has 0 spiro atoms. The van der Waals surface area contributed by atoms with Crippen LogP contribution in [0.3, 0.4) is 0 Å².